The average molecular weight is 309 g/mol. The Balaban J connectivity index is 2.46. The maximum Gasteiger partial charge on any atom is 0.146 e. The van der Waals surface area contributed by atoms with Crippen molar-refractivity contribution in [3.8, 4) is 5.75 Å². The first-order valence-corrected chi connectivity index (χ1v) is 8.22. The number of hydrogen-bond donors (Lipinski definition) is 0. The largest absolute Gasteiger partial charge is 0.494 e. The standard InChI is InChI=1S/C17H25ClN2O/c1-5-6-7-9-12(2)20-14-10-8-11-15(21-4)16(14)19-17(20)13(3)18/h8,10-13H,5-7,9H2,1-4H3. The Hall–Kier alpha value is -1.22. The van der Waals surface area contributed by atoms with Gasteiger partial charge in [0.25, 0.3) is 0 Å². The molecule has 3 nitrogen and oxygen atoms in total. The van der Waals surface area contributed by atoms with Crippen LogP contribution in [0.2, 0.25) is 0 Å². The molecule has 0 spiro atoms. The second kappa shape index (κ2) is 7.17. The Morgan fingerprint density at radius 2 is 2.05 bits per heavy atom. The second-order valence-electron chi connectivity index (χ2n) is 5.63. The fourth-order valence-electron chi connectivity index (χ4n) is 2.84. The molecule has 0 saturated heterocycles. The summed E-state index contributed by atoms with van der Waals surface area (Å²) in [5, 5.41) is -0.115. The monoisotopic (exact) mass is 308 g/mol. The molecular weight excluding hydrogens is 284 g/mol. The van der Waals surface area contributed by atoms with Gasteiger partial charge in [-0.1, -0.05) is 32.3 Å². The third-order valence-electron chi connectivity index (χ3n) is 3.95. The molecular formula is C17H25ClN2O. The van der Waals surface area contributed by atoms with Crippen LogP contribution in [-0.2, 0) is 0 Å². The van der Waals surface area contributed by atoms with Crippen LogP contribution in [0.15, 0.2) is 18.2 Å². The summed E-state index contributed by atoms with van der Waals surface area (Å²) in [6.07, 6.45) is 4.89. The quantitative estimate of drug-likeness (QED) is 0.500. The smallest absolute Gasteiger partial charge is 0.146 e. The van der Waals surface area contributed by atoms with E-state index in [1.807, 2.05) is 19.1 Å². The molecule has 2 rings (SSSR count). The summed E-state index contributed by atoms with van der Waals surface area (Å²) in [5.41, 5.74) is 2.02. The Morgan fingerprint density at radius 3 is 2.67 bits per heavy atom. The lowest BCUT2D eigenvalue weighted by Gasteiger charge is -2.18. The van der Waals surface area contributed by atoms with Crippen molar-refractivity contribution >= 4 is 22.6 Å². The molecule has 2 atom stereocenters. The van der Waals surface area contributed by atoms with E-state index < -0.39 is 0 Å². The molecule has 116 valence electrons. The third kappa shape index (κ3) is 3.34. The van der Waals surface area contributed by atoms with E-state index in [0.717, 1.165) is 29.0 Å². The van der Waals surface area contributed by atoms with Gasteiger partial charge < -0.3 is 9.30 Å². The van der Waals surface area contributed by atoms with Gasteiger partial charge in [-0.05, 0) is 32.4 Å². The van der Waals surface area contributed by atoms with Crippen molar-refractivity contribution in [2.75, 3.05) is 7.11 Å². The summed E-state index contributed by atoms with van der Waals surface area (Å²) in [4.78, 5) is 4.74. The van der Waals surface area contributed by atoms with Crippen molar-refractivity contribution in [2.24, 2.45) is 0 Å². The molecule has 0 fully saturated rings. The molecule has 0 amide bonds. The predicted molar refractivity (Wildman–Crippen MR) is 89.4 cm³/mol. The third-order valence-corrected chi connectivity index (χ3v) is 4.15. The second-order valence-corrected chi connectivity index (χ2v) is 6.28. The number of ether oxygens (including phenoxy) is 1. The number of aromatic nitrogens is 2. The summed E-state index contributed by atoms with van der Waals surface area (Å²) in [5.74, 6) is 1.74. The SMILES string of the molecule is CCCCCC(C)n1c(C(C)Cl)nc2c(OC)cccc21. The molecule has 4 heteroatoms. The van der Waals surface area contributed by atoms with E-state index in [1.165, 1.54) is 19.3 Å². The van der Waals surface area contributed by atoms with E-state index in [1.54, 1.807) is 7.11 Å². The van der Waals surface area contributed by atoms with Crippen LogP contribution in [0.25, 0.3) is 11.0 Å². The van der Waals surface area contributed by atoms with E-state index in [-0.39, 0.29) is 5.38 Å². The van der Waals surface area contributed by atoms with Crippen LogP contribution < -0.4 is 4.74 Å². The number of nitrogens with zero attached hydrogens (tertiary/aromatic N) is 2. The van der Waals surface area contributed by atoms with Crippen LogP contribution in [0.3, 0.4) is 0 Å². The molecule has 0 aliphatic rings. The van der Waals surface area contributed by atoms with Crippen molar-refractivity contribution in [3.05, 3.63) is 24.0 Å². The van der Waals surface area contributed by atoms with Gasteiger partial charge in [-0.15, -0.1) is 11.6 Å². The number of para-hydroxylation sites is 1. The lowest BCUT2D eigenvalue weighted by Crippen LogP contribution is -2.10. The first-order valence-electron chi connectivity index (χ1n) is 7.79. The minimum absolute atomic E-state index is 0.115. The number of rotatable bonds is 7. The highest BCUT2D eigenvalue weighted by Gasteiger charge is 2.20. The average Bonchev–Trinajstić information content (AvgIpc) is 2.87. The van der Waals surface area contributed by atoms with Gasteiger partial charge in [0, 0.05) is 6.04 Å². The number of methoxy groups -OCH3 is 1. The minimum Gasteiger partial charge on any atom is -0.494 e. The molecule has 0 radical (unpaired) electrons. The zero-order valence-corrected chi connectivity index (χ0v) is 14.2. The highest BCUT2D eigenvalue weighted by Crippen LogP contribution is 2.33. The van der Waals surface area contributed by atoms with Crippen molar-refractivity contribution in [1.29, 1.82) is 0 Å². The van der Waals surface area contributed by atoms with Crippen LogP contribution >= 0.6 is 11.6 Å². The highest BCUT2D eigenvalue weighted by atomic mass is 35.5. The molecule has 1 heterocycles. The first kappa shape index (κ1) is 16.2. The first-order chi connectivity index (χ1) is 10.1. The van der Waals surface area contributed by atoms with Gasteiger partial charge in [-0.25, -0.2) is 4.98 Å². The Labute approximate surface area is 132 Å². The molecule has 0 aliphatic carbocycles. The normalized spacial score (nSPS) is 14.3. The van der Waals surface area contributed by atoms with Crippen LogP contribution in [0.1, 0.15) is 63.7 Å². The lowest BCUT2D eigenvalue weighted by molar-refractivity contribution is 0.419. The number of hydrogen-bond acceptors (Lipinski definition) is 2. The van der Waals surface area contributed by atoms with Gasteiger partial charge >= 0.3 is 0 Å². The summed E-state index contributed by atoms with van der Waals surface area (Å²) < 4.78 is 7.72. The van der Waals surface area contributed by atoms with Crippen LogP contribution in [0.5, 0.6) is 5.75 Å². The molecule has 0 aliphatic heterocycles. The molecule has 0 N–H and O–H groups in total. The van der Waals surface area contributed by atoms with Crippen LogP contribution in [-0.4, -0.2) is 16.7 Å². The zero-order valence-electron chi connectivity index (χ0n) is 13.4. The summed E-state index contributed by atoms with van der Waals surface area (Å²) >= 11 is 6.36. The van der Waals surface area contributed by atoms with Crippen molar-refractivity contribution in [3.63, 3.8) is 0 Å². The number of halogens is 1. The Bertz CT molecular complexity index is 592. The predicted octanol–water partition coefficient (Wildman–Crippen LogP) is 5.49. The number of benzene rings is 1. The van der Waals surface area contributed by atoms with Crippen LogP contribution in [0, 0.1) is 0 Å². The summed E-state index contributed by atoms with van der Waals surface area (Å²) in [6, 6.07) is 6.46. The fraction of sp³-hybridized carbons (Fsp3) is 0.588. The molecule has 21 heavy (non-hydrogen) atoms. The van der Waals surface area contributed by atoms with Gasteiger partial charge in [-0.2, -0.15) is 0 Å². The van der Waals surface area contributed by atoms with Crippen LogP contribution in [0.4, 0.5) is 0 Å². The molecule has 1 aromatic heterocycles. The molecule has 2 aromatic rings. The number of unbranched alkanes of at least 4 members (excludes halogenated alkanes) is 2. The molecule has 2 unspecified atom stereocenters. The van der Waals surface area contributed by atoms with E-state index in [4.69, 9.17) is 21.3 Å². The highest BCUT2D eigenvalue weighted by molar-refractivity contribution is 6.20. The van der Waals surface area contributed by atoms with Gasteiger partial charge in [0.1, 0.15) is 17.1 Å². The number of fused-ring (bicyclic) bond motifs is 1. The summed E-state index contributed by atoms with van der Waals surface area (Å²) in [6.45, 7) is 6.46. The Kier molecular flexibility index (Phi) is 5.51. The molecule has 0 bridgehead atoms. The molecule has 0 saturated carbocycles. The maximum atomic E-state index is 6.36. The Morgan fingerprint density at radius 1 is 1.29 bits per heavy atom. The number of imidazole rings is 1. The fourth-order valence-corrected chi connectivity index (χ4v) is 2.99. The van der Waals surface area contributed by atoms with E-state index in [2.05, 4.69) is 24.5 Å². The van der Waals surface area contributed by atoms with Gasteiger partial charge in [0.05, 0.1) is 18.0 Å². The van der Waals surface area contributed by atoms with Crippen molar-refractivity contribution < 1.29 is 4.74 Å². The minimum atomic E-state index is -0.115. The summed E-state index contributed by atoms with van der Waals surface area (Å²) in [7, 11) is 1.68. The zero-order chi connectivity index (χ0) is 15.4. The van der Waals surface area contributed by atoms with E-state index in [9.17, 15) is 0 Å². The van der Waals surface area contributed by atoms with Gasteiger partial charge in [0.15, 0.2) is 0 Å². The molecule has 1 aromatic carbocycles. The van der Waals surface area contributed by atoms with Gasteiger partial charge in [0.2, 0.25) is 0 Å². The van der Waals surface area contributed by atoms with E-state index in [0.29, 0.717) is 6.04 Å². The van der Waals surface area contributed by atoms with E-state index >= 15 is 0 Å². The topological polar surface area (TPSA) is 27.1 Å². The van der Waals surface area contributed by atoms with Crippen molar-refractivity contribution in [2.45, 2.75) is 57.9 Å². The lowest BCUT2D eigenvalue weighted by atomic mass is 10.1. The maximum absolute atomic E-state index is 6.36. The number of alkyl halides is 1. The van der Waals surface area contributed by atoms with Gasteiger partial charge in [-0.3, -0.25) is 0 Å². The van der Waals surface area contributed by atoms with Crippen molar-refractivity contribution in [1.82, 2.24) is 9.55 Å².